The van der Waals surface area contributed by atoms with Gasteiger partial charge in [0.25, 0.3) is 5.91 Å². The lowest BCUT2D eigenvalue weighted by molar-refractivity contribution is -0.123. The van der Waals surface area contributed by atoms with Crippen molar-refractivity contribution in [2.75, 3.05) is 5.32 Å². The summed E-state index contributed by atoms with van der Waals surface area (Å²) in [4.78, 5) is 32.5. The molecule has 0 fully saturated rings. The molecule has 7 heteroatoms. The van der Waals surface area contributed by atoms with Gasteiger partial charge in [0, 0.05) is 12.4 Å². The number of fused-ring (bicyclic) bond motifs is 1. The summed E-state index contributed by atoms with van der Waals surface area (Å²) in [5.74, 6) is -1.87. The zero-order chi connectivity index (χ0) is 17.8. The number of carbonyl (C=O) groups excluding carboxylic acids is 2. The minimum Gasteiger partial charge on any atom is -0.449 e. The first-order chi connectivity index (χ1) is 12.0. The van der Waals surface area contributed by atoms with Gasteiger partial charge in [-0.1, -0.05) is 12.1 Å². The molecule has 1 N–H and O–H groups in total. The molecule has 0 radical (unpaired) electrons. The van der Waals surface area contributed by atoms with E-state index in [0.717, 1.165) is 0 Å². The Morgan fingerprint density at radius 3 is 2.56 bits per heavy atom. The molecule has 126 valence electrons. The number of hydrogen-bond donors (Lipinski definition) is 1. The van der Waals surface area contributed by atoms with Gasteiger partial charge in [-0.05, 0) is 37.3 Å². The quantitative estimate of drug-likeness (QED) is 0.739. The average molecular weight is 339 g/mol. The maximum atomic E-state index is 13.6. The highest BCUT2D eigenvalue weighted by molar-refractivity contribution is 5.98. The van der Waals surface area contributed by atoms with Crippen LogP contribution < -0.4 is 5.32 Å². The highest BCUT2D eigenvalue weighted by Gasteiger charge is 2.20. The SMILES string of the molecule is C[C@@H](OC(=O)c1ccc2nccnc2c1)C(=O)Nc1ccccc1F. The second-order valence-corrected chi connectivity index (χ2v) is 5.28. The van der Waals surface area contributed by atoms with Crippen LogP contribution in [0.25, 0.3) is 11.0 Å². The third-order valence-electron chi connectivity index (χ3n) is 3.49. The van der Waals surface area contributed by atoms with Gasteiger partial charge in [0.2, 0.25) is 0 Å². The summed E-state index contributed by atoms with van der Waals surface area (Å²) in [5.41, 5.74) is 1.46. The van der Waals surface area contributed by atoms with Crippen molar-refractivity contribution < 1.29 is 18.7 Å². The van der Waals surface area contributed by atoms with Crippen molar-refractivity contribution in [2.45, 2.75) is 13.0 Å². The standard InChI is InChI=1S/C18H14FN3O3/c1-11(17(23)22-14-5-3-2-4-13(14)19)25-18(24)12-6-7-15-16(10-12)21-9-8-20-15/h2-11H,1H3,(H,22,23)/t11-/m1/s1. The molecule has 1 heterocycles. The molecule has 2 aromatic carbocycles. The van der Waals surface area contributed by atoms with Crippen LogP contribution in [0.5, 0.6) is 0 Å². The Morgan fingerprint density at radius 1 is 1.08 bits per heavy atom. The van der Waals surface area contributed by atoms with Gasteiger partial charge in [0.1, 0.15) is 5.82 Å². The van der Waals surface area contributed by atoms with Crippen LogP contribution in [0.2, 0.25) is 0 Å². The van der Waals surface area contributed by atoms with Gasteiger partial charge >= 0.3 is 5.97 Å². The Bertz CT molecular complexity index is 946. The van der Waals surface area contributed by atoms with Gasteiger partial charge in [0.05, 0.1) is 22.3 Å². The molecule has 0 aliphatic heterocycles. The van der Waals surface area contributed by atoms with Gasteiger partial charge in [-0.15, -0.1) is 0 Å². The molecule has 6 nitrogen and oxygen atoms in total. The largest absolute Gasteiger partial charge is 0.449 e. The van der Waals surface area contributed by atoms with E-state index in [1.165, 1.54) is 37.4 Å². The normalized spacial score (nSPS) is 11.8. The monoisotopic (exact) mass is 339 g/mol. The van der Waals surface area contributed by atoms with E-state index in [2.05, 4.69) is 15.3 Å². The summed E-state index contributed by atoms with van der Waals surface area (Å²) in [6, 6.07) is 10.5. The Hall–Kier alpha value is -3.35. The fourth-order valence-electron chi connectivity index (χ4n) is 2.17. The van der Waals surface area contributed by atoms with E-state index >= 15 is 0 Å². The molecule has 1 atom stereocenters. The number of anilines is 1. The zero-order valence-corrected chi connectivity index (χ0v) is 13.3. The van der Waals surface area contributed by atoms with Gasteiger partial charge in [-0.2, -0.15) is 0 Å². The van der Waals surface area contributed by atoms with E-state index in [9.17, 15) is 14.0 Å². The third kappa shape index (κ3) is 3.77. The molecule has 3 aromatic rings. The number of hydrogen-bond acceptors (Lipinski definition) is 5. The number of rotatable bonds is 4. The lowest BCUT2D eigenvalue weighted by Crippen LogP contribution is -2.30. The lowest BCUT2D eigenvalue weighted by atomic mass is 10.2. The predicted molar refractivity (Wildman–Crippen MR) is 89.4 cm³/mol. The molecule has 0 spiro atoms. The van der Waals surface area contributed by atoms with E-state index in [1.54, 1.807) is 24.4 Å². The number of benzene rings is 2. The van der Waals surface area contributed by atoms with Crippen molar-refractivity contribution in [2.24, 2.45) is 0 Å². The van der Waals surface area contributed by atoms with Crippen LogP contribution in [0.1, 0.15) is 17.3 Å². The summed E-state index contributed by atoms with van der Waals surface area (Å²) in [6.07, 6.45) is 1.97. The molecule has 0 bridgehead atoms. The molecular weight excluding hydrogens is 325 g/mol. The first-order valence-electron chi connectivity index (χ1n) is 7.52. The minimum absolute atomic E-state index is 0.0244. The molecular formula is C18H14FN3O3. The van der Waals surface area contributed by atoms with Crippen LogP contribution in [0.15, 0.2) is 54.9 Å². The van der Waals surface area contributed by atoms with Crippen molar-refractivity contribution in [1.29, 1.82) is 0 Å². The smallest absolute Gasteiger partial charge is 0.338 e. The minimum atomic E-state index is -1.09. The van der Waals surface area contributed by atoms with Crippen LogP contribution in [0.3, 0.4) is 0 Å². The molecule has 3 rings (SSSR count). The molecule has 1 aromatic heterocycles. The predicted octanol–water partition coefficient (Wildman–Crippen LogP) is 2.95. The van der Waals surface area contributed by atoms with E-state index in [1.807, 2.05) is 0 Å². The number of aromatic nitrogens is 2. The zero-order valence-electron chi connectivity index (χ0n) is 13.3. The number of nitrogens with one attached hydrogen (secondary N) is 1. The average Bonchev–Trinajstić information content (AvgIpc) is 2.63. The van der Waals surface area contributed by atoms with Gasteiger partial charge in [-0.25, -0.2) is 9.18 Å². The molecule has 0 aliphatic rings. The van der Waals surface area contributed by atoms with E-state index in [4.69, 9.17) is 4.74 Å². The van der Waals surface area contributed by atoms with E-state index in [-0.39, 0.29) is 11.3 Å². The number of para-hydroxylation sites is 1. The number of esters is 1. The molecule has 0 saturated carbocycles. The summed E-state index contributed by atoms with van der Waals surface area (Å²) in [5, 5.41) is 2.38. The van der Waals surface area contributed by atoms with Crippen LogP contribution >= 0.6 is 0 Å². The molecule has 0 saturated heterocycles. The topological polar surface area (TPSA) is 81.2 Å². The fourth-order valence-corrected chi connectivity index (χ4v) is 2.17. The number of carbonyl (C=O) groups is 2. The van der Waals surface area contributed by atoms with Crippen molar-refractivity contribution in [1.82, 2.24) is 9.97 Å². The Morgan fingerprint density at radius 2 is 1.80 bits per heavy atom. The van der Waals surface area contributed by atoms with E-state index in [0.29, 0.717) is 11.0 Å². The Labute approximate surface area is 142 Å². The maximum absolute atomic E-state index is 13.6. The molecule has 25 heavy (non-hydrogen) atoms. The summed E-state index contributed by atoms with van der Waals surface area (Å²) in [7, 11) is 0. The highest BCUT2D eigenvalue weighted by atomic mass is 19.1. The fraction of sp³-hybridized carbons (Fsp3) is 0.111. The molecule has 1 amide bonds. The van der Waals surface area contributed by atoms with Gasteiger partial charge in [0.15, 0.2) is 6.10 Å². The molecule has 0 unspecified atom stereocenters. The summed E-state index contributed by atoms with van der Waals surface area (Å²) in [6.45, 7) is 1.41. The second kappa shape index (κ2) is 7.04. The molecule has 0 aliphatic carbocycles. The highest BCUT2D eigenvalue weighted by Crippen LogP contribution is 2.15. The van der Waals surface area contributed by atoms with Crippen LogP contribution in [-0.2, 0) is 9.53 Å². The van der Waals surface area contributed by atoms with Gasteiger partial charge < -0.3 is 10.1 Å². The van der Waals surface area contributed by atoms with Crippen molar-refractivity contribution in [3.05, 3.63) is 66.2 Å². The number of nitrogens with zero attached hydrogens (tertiary/aromatic N) is 2. The number of ether oxygens (including phenoxy) is 1. The van der Waals surface area contributed by atoms with Crippen LogP contribution in [-0.4, -0.2) is 27.9 Å². The lowest BCUT2D eigenvalue weighted by Gasteiger charge is -2.14. The van der Waals surface area contributed by atoms with Crippen LogP contribution in [0.4, 0.5) is 10.1 Å². The first kappa shape index (κ1) is 16.5. The number of halogens is 1. The van der Waals surface area contributed by atoms with E-state index < -0.39 is 23.8 Å². The third-order valence-corrected chi connectivity index (χ3v) is 3.49. The van der Waals surface area contributed by atoms with Crippen LogP contribution in [0, 0.1) is 5.82 Å². The summed E-state index contributed by atoms with van der Waals surface area (Å²) < 4.78 is 18.7. The first-order valence-corrected chi connectivity index (χ1v) is 7.52. The second-order valence-electron chi connectivity index (χ2n) is 5.28. The number of amides is 1. The van der Waals surface area contributed by atoms with Gasteiger partial charge in [-0.3, -0.25) is 14.8 Å². The summed E-state index contributed by atoms with van der Waals surface area (Å²) >= 11 is 0. The van der Waals surface area contributed by atoms with Crippen molar-refractivity contribution in [3.8, 4) is 0 Å². The Kier molecular flexibility index (Phi) is 4.65. The van der Waals surface area contributed by atoms with Crippen molar-refractivity contribution in [3.63, 3.8) is 0 Å². The Balaban J connectivity index is 1.68. The van der Waals surface area contributed by atoms with Crippen molar-refractivity contribution >= 4 is 28.6 Å². The maximum Gasteiger partial charge on any atom is 0.338 e.